The zero-order valence-electron chi connectivity index (χ0n) is 18.8. The van der Waals surface area contributed by atoms with Gasteiger partial charge in [0.2, 0.25) is 5.91 Å². The number of amides is 2. The number of halogens is 1. The number of nitrogens with two attached hydrogens (primary N) is 2. The average molecular weight is 455 g/mol. The fourth-order valence-electron chi connectivity index (χ4n) is 4.09. The number of carbonyl (C=O) groups excluding carboxylic acids is 2. The average Bonchev–Trinajstić information content (AvgIpc) is 3.13. The number of hydrogen-bond donors (Lipinski definition) is 2. The van der Waals surface area contributed by atoms with E-state index in [1.807, 2.05) is 20.8 Å². The number of ether oxygens (including phenoxy) is 1. The Balaban J connectivity index is 1.75. The molecule has 9 nitrogen and oxygen atoms in total. The molecule has 1 fully saturated rings. The zero-order valence-corrected chi connectivity index (χ0v) is 18.8. The van der Waals surface area contributed by atoms with E-state index in [0.717, 1.165) is 18.9 Å². The highest BCUT2D eigenvalue weighted by atomic mass is 19.1. The van der Waals surface area contributed by atoms with Crippen molar-refractivity contribution in [3.05, 3.63) is 41.8 Å². The summed E-state index contributed by atoms with van der Waals surface area (Å²) in [5, 5.41) is 5.22. The molecule has 0 spiro atoms. The van der Waals surface area contributed by atoms with Crippen molar-refractivity contribution in [3.8, 4) is 11.3 Å². The molecule has 4 N–H and O–H groups in total. The lowest BCUT2D eigenvalue weighted by atomic mass is 10.0. The highest BCUT2D eigenvalue weighted by molar-refractivity contribution is 6.01. The molecule has 174 valence electrons. The Hall–Kier alpha value is -3.69. The molecule has 0 saturated carbocycles. The number of hydrogen-bond acceptors (Lipinski definition) is 6. The molecule has 2 amide bonds. The molecular weight excluding hydrogens is 427 g/mol. The van der Waals surface area contributed by atoms with Gasteiger partial charge in [-0.1, -0.05) is 0 Å². The van der Waals surface area contributed by atoms with Gasteiger partial charge in [-0.25, -0.2) is 14.2 Å². The van der Waals surface area contributed by atoms with Crippen LogP contribution in [0.4, 0.5) is 15.0 Å². The van der Waals surface area contributed by atoms with Crippen molar-refractivity contribution in [1.82, 2.24) is 19.7 Å². The lowest BCUT2D eigenvalue weighted by molar-refractivity contribution is 0.0169. The second kappa shape index (κ2) is 8.34. The van der Waals surface area contributed by atoms with Crippen LogP contribution in [0.1, 0.15) is 50.0 Å². The van der Waals surface area contributed by atoms with E-state index < -0.39 is 17.3 Å². The van der Waals surface area contributed by atoms with Crippen molar-refractivity contribution in [2.75, 3.05) is 18.8 Å². The monoisotopic (exact) mass is 454 g/mol. The third-order valence-electron chi connectivity index (χ3n) is 5.55. The zero-order chi connectivity index (χ0) is 23.9. The van der Waals surface area contributed by atoms with Crippen molar-refractivity contribution in [3.63, 3.8) is 0 Å². The Morgan fingerprint density at radius 1 is 1.24 bits per heavy atom. The number of nitrogen functional groups attached to an aromatic ring is 1. The van der Waals surface area contributed by atoms with E-state index in [2.05, 4.69) is 4.98 Å². The van der Waals surface area contributed by atoms with Gasteiger partial charge in [0.25, 0.3) is 0 Å². The quantitative estimate of drug-likeness (QED) is 0.623. The van der Waals surface area contributed by atoms with Crippen molar-refractivity contribution in [2.24, 2.45) is 5.73 Å². The van der Waals surface area contributed by atoms with E-state index in [1.165, 1.54) is 12.1 Å². The molecule has 1 saturated heterocycles. The van der Waals surface area contributed by atoms with Gasteiger partial charge in [-0.15, -0.1) is 0 Å². The second-order valence-corrected chi connectivity index (χ2v) is 9.16. The summed E-state index contributed by atoms with van der Waals surface area (Å²) in [5.74, 6) is -1.14. The van der Waals surface area contributed by atoms with E-state index in [1.54, 1.807) is 21.8 Å². The molecule has 3 heterocycles. The number of fused-ring (bicyclic) bond motifs is 1. The molecule has 3 aromatic rings. The number of nitrogens with zero attached hydrogens (tertiary/aromatic N) is 4. The lowest BCUT2D eigenvalue weighted by Gasteiger charge is -2.34. The number of benzene rings is 1. The molecule has 0 aliphatic carbocycles. The van der Waals surface area contributed by atoms with Gasteiger partial charge in [-0.2, -0.15) is 5.10 Å². The molecule has 4 rings (SSSR count). The van der Waals surface area contributed by atoms with Crippen LogP contribution < -0.4 is 11.5 Å². The minimum absolute atomic E-state index is 0.0615. The maximum absolute atomic E-state index is 14.9. The van der Waals surface area contributed by atoms with Crippen LogP contribution in [0.25, 0.3) is 22.2 Å². The molecule has 1 aromatic carbocycles. The molecule has 0 bridgehead atoms. The number of pyridine rings is 1. The van der Waals surface area contributed by atoms with Gasteiger partial charge in [0.1, 0.15) is 22.9 Å². The first-order valence-electron chi connectivity index (χ1n) is 10.8. The van der Waals surface area contributed by atoms with E-state index in [-0.39, 0.29) is 29.1 Å². The van der Waals surface area contributed by atoms with Gasteiger partial charge in [0.05, 0.1) is 16.9 Å². The Bertz CT molecular complexity index is 1230. The largest absolute Gasteiger partial charge is 0.444 e. The highest BCUT2D eigenvalue weighted by Crippen LogP contribution is 2.36. The third kappa shape index (κ3) is 4.46. The van der Waals surface area contributed by atoms with Crippen molar-refractivity contribution >= 4 is 28.7 Å². The summed E-state index contributed by atoms with van der Waals surface area (Å²) in [6.07, 6.45) is 2.74. The number of carbonyl (C=O) groups is 2. The first kappa shape index (κ1) is 22.5. The second-order valence-electron chi connectivity index (χ2n) is 9.16. The molecule has 1 unspecified atom stereocenters. The van der Waals surface area contributed by atoms with Crippen LogP contribution in [-0.2, 0) is 4.74 Å². The van der Waals surface area contributed by atoms with Crippen molar-refractivity contribution in [1.29, 1.82) is 0 Å². The molecular formula is C23H27FN6O3. The van der Waals surface area contributed by atoms with Gasteiger partial charge in [0.15, 0.2) is 0 Å². The first-order valence-corrected chi connectivity index (χ1v) is 10.8. The SMILES string of the molecule is CC(C)(C)OC(=O)N1CCCC(n2nc(-c3ccc(C(N)=O)cc3F)c3c(N)nccc32)C1. The molecule has 10 heteroatoms. The molecule has 2 aromatic heterocycles. The Morgan fingerprint density at radius 2 is 2.00 bits per heavy atom. The smallest absolute Gasteiger partial charge is 0.410 e. The summed E-state index contributed by atoms with van der Waals surface area (Å²) in [4.78, 5) is 29.9. The predicted molar refractivity (Wildman–Crippen MR) is 122 cm³/mol. The van der Waals surface area contributed by atoms with Gasteiger partial charge >= 0.3 is 6.09 Å². The Morgan fingerprint density at radius 3 is 2.67 bits per heavy atom. The number of anilines is 1. The Labute approximate surface area is 190 Å². The summed E-state index contributed by atoms with van der Waals surface area (Å²) in [6.45, 7) is 6.47. The third-order valence-corrected chi connectivity index (χ3v) is 5.55. The van der Waals surface area contributed by atoms with Crippen LogP contribution in [0.2, 0.25) is 0 Å². The van der Waals surface area contributed by atoms with E-state index in [4.69, 9.17) is 21.3 Å². The number of likely N-dealkylation sites (tertiary alicyclic amines) is 1. The van der Waals surface area contributed by atoms with E-state index >= 15 is 0 Å². The fourth-order valence-corrected chi connectivity index (χ4v) is 4.09. The number of piperidine rings is 1. The van der Waals surface area contributed by atoms with Crippen LogP contribution in [-0.4, -0.2) is 50.4 Å². The molecule has 1 aliphatic rings. The number of primary amides is 1. The normalized spacial score (nSPS) is 16.7. The van der Waals surface area contributed by atoms with Crippen LogP contribution in [0.3, 0.4) is 0 Å². The summed E-state index contributed by atoms with van der Waals surface area (Å²) in [7, 11) is 0. The van der Waals surface area contributed by atoms with Crippen LogP contribution in [0.15, 0.2) is 30.5 Å². The maximum atomic E-state index is 14.9. The van der Waals surface area contributed by atoms with Crippen LogP contribution in [0, 0.1) is 5.82 Å². The number of aromatic nitrogens is 3. The van der Waals surface area contributed by atoms with Crippen LogP contribution in [0.5, 0.6) is 0 Å². The topological polar surface area (TPSA) is 129 Å². The van der Waals surface area contributed by atoms with Gasteiger partial charge in [-0.3, -0.25) is 9.48 Å². The van der Waals surface area contributed by atoms with Gasteiger partial charge in [-0.05, 0) is 57.9 Å². The van der Waals surface area contributed by atoms with Crippen LogP contribution >= 0.6 is 0 Å². The first-order chi connectivity index (χ1) is 15.5. The van der Waals surface area contributed by atoms with Gasteiger partial charge < -0.3 is 21.1 Å². The number of rotatable bonds is 3. The summed E-state index contributed by atoms with van der Waals surface area (Å²) < 4.78 is 22.3. The summed E-state index contributed by atoms with van der Waals surface area (Å²) in [6, 6.07) is 5.60. The van der Waals surface area contributed by atoms with E-state index in [9.17, 15) is 14.0 Å². The molecule has 33 heavy (non-hydrogen) atoms. The summed E-state index contributed by atoms with van der Waals surface area (Å²) in [5.41, 5.74) is 12.1. The molecule has 1 atom stereocenters. The molecule has 0 radical (unpaired) electrons. The molecule has 1 aliphatic heterocycles. The van der Waals surface area contributed by atoms with Crippen molar-refractivity contribution in [2.45, 2.75) is 45.3 Å². The minimum Gasteiger partial charge on any atom is -0.444 e. The lowest BCUT2D eigenvalue weighted by Crippen LogP contribution is -2.43. The fraction of sp³-hybridized carbons (Fsp3) is 0.391. The predicted octanol–water partition coefficient (Wildman–Crippen LogP) is 3.49. The summed E-state index contributed by atoms with van der Waals surface area (Å²) >= 11 is 0. The van der Waals surface area contributed by atoms with Gasteiger partial charge in [0, 0.05) is 30.4 Å². The minimum atomic E-state index is -0.721. The Kier molecular flexibility index (Phi) is 5.69. The standard InChI is InChI=1S/C23H27FN6O3/c1-23(2,3)33-22(32)29-10-4-5-14(12-29)30-17-8-9-27-20(25)18(17)19(28-30)15-7-6-13(21(26)31)11-16(15)24/h6-9,11,14H,4-5,10,12H2,1-3H3,(H2,25,27)(H2,26,31). The van der Waals surface area contributed by atoms with Crippen molar-refractivity contribution < 1.29 is 18.7 Å². The highest BCUT2D eigenvalue weighted by Gasteiger charge is 2.31. The maximum Gasteiger partial charge on any atom is 0.410 e. The van der Waals surface area contributed by atoms with E-state index in [0.29, 0.717) is 29.7 Å².